The molecular weight excluding hydrogens is 437 g/mol. The molecule has 2 rings (SSSR count). The molecule has 0 heterocycles. The Balaban J connectivity index is 1.82. The average molecular weight is 458 g/mol. The molecule has 0 aliphatic carbocycles. The van der Waals surface area contributed by atoms with E-state index in [2.05, 4.69) is 5.32 Å². The molecule has 1 amide bonds. The fraction of sp³-hybridized carbons (Fsp3) is 0.300. The van der Waals surface area contributed by atoms with E-state index in [9.17, 15) is 31.2 Å². The lowest BCUT2D eigenvalue weighted by molar-refractivity contribution is -0.147. The number of carbonyl (C=O) groups is 2. The molecule has 7 nitrogen and oxygen atoms in total. The summed E-state index contributed by atoms with van der Waals surface area (Å²) >= 11 is 0. The highest BCUT2D eigenvalue weighted by molar-refractivity contribution is 7.89. The lowest BCUT2D eigenvalue weighted by Crippen LogP contribution is -2.28. The Bertz CT molecular complexity index is 1040. The van der Waals surface area contributed by atoms with Crippen molar-refractivity contribution in [1.82, 2.24) is 4.72 Å². The van der Waals surface area contributed by atoms with Crippen LogP contribution in [0.5, 0.6) is 0 Å². The van der Waals surface area contributed by atoms with Gasteiger partial charge in [0.25, 0.3) is 5.91 Å². The van der Waals surface area contributed by atoms with Crippen LogP contribution >= 0.6 is 0 Å². The molecule has 2 N–H and O–H groups in total. The predicted molar refractivity (Wildman–Crippen MR) is 107 cm³/mol. The number of hydrogen-bond acceptors (Lipinski definition) is 5. The normalized spacial score (nSPS) is 11.7. The number of esters is 1. The van der Waals surface area contributed by atoms with Gasteiger partial charge in [0.1, 0.15) is 0 Å². The number of amides is 1. The molecule has 31 heavy (non-hydrogen) atoms. The number of anilines is 1. The van der Waals surface area contributed by atoms with Crippen LogP contribution in [-0.2, 0) is 36.9 Å². The zero-order valence-electron chi connectivity index (χ0n) is 16.5. The number of rotatable bonds is 9. The van der Waals surface area contributed by atoms with E-state index in [0.29, 0.717) is 18.2 Å². The Morgan fingerprint density at radius 2 is 1.77 bits per heavy atom. The summed E-state index contributed by atoms with van der Waals surface area (Å²) in [5.41, 5.74) is 0.400. The van der Waals surface area contributed by atoms with Crippen LogP contribution < -0.4 is 10.0 Å². The van der Waals surface area contributed by atoms with Gasteiger partial charge in [-0.15, -0.1) is 0 Å². The maximum absolute atomic E-state index is 12.7. The molecule has 0 fully saturated rings. The summed E-state index contributed by atoms with van der Waals surface area (Å²) in [4.78, 5) is 23.1. The van der Waals surface area contributed by atoms with Gasteiger partial charge in [-0.2, -0.15) is 13.2 Å². The fourth-order valence-corrected chi connectivity index (χ4v) is 3.64. The van der Waals surface area contributed by atoms with E-state index in [1.54, 1.807) is 12.1 Å². The van der Waals surface area contributed by atoms with E-state index in [0.717, 1.165) is 23.8 Å². The van der Waals surface area contributed by atoms with Gasteiger partial charge >= 0.3 is 12.1 Å². The number of halogens is 3. The smallest absolute Gasteiger partial charge is 0.416 e. The van der Waals surface area contributed by atoms with Gasteiger partial charge in [-0.3, -0.25) is 9.59 Å². The van der Waals surface area contributed by atoms with E-state index in [1.165, 1.54) is 0 Å². The average Bonchev–Trinajstić information content (AvgIpc) is 2.72. The number of benzene rings is 2. The van der Waals surface area contributed by atoms with Crippen molar-refractivity contribution in [2.45, 2.75) is 30.8 Å². The summed E-state index contributed by atoms with van der Waals surface area (Å²) in [6.45, 7) is 0.959. The monoisotopic (exact) mass is 458 g/mol. The summed E-state index contributed by atoms with van der Waals surface area (Å²) in [6, 6.07) is 10.4. The first-order valence-electron chi connectivity index (χ1n) is 9.23. The van der Waals surface area contributed by atoms with Crippen molar-refractivity contribution in [2.75, 3.05) is 18.5 Å². The van der Waals surface area contributed by atoms with Crippen LogP contribution in [0.1, 0.15) is 24.5 Å². The summed E-state index contributed by atoms with van der Waals surface area (Å²) < 4.78 is 69.3. The number of hydrogen-bond donors (Lipinski definition) is 2. The first kappa shape index (κ1) is 24.4. The van der Waals surface area contributed by atoms with Gasteiger partial charge in [0.15, 0.2) is 6.61 Å². The van der Waals surface area contributed by atoms with Gasteiger partial charge in [0.05, 0.1) is 16.9 Å². The molecule has 11 heteroatoms. The van der Waals surface area contributed by atoms with Gasteiger partial charge in [-0.1, -0.05) is 31.2 Å². The number of nitrogens with one attached hydrogen (secondary N) is 2. The van der Waals surface area contributed by atoms with Crippen molar-refractivity contribution in [2.24, 2.45) is 0 Å². The summed E-state index contributed by atoms with van der Waals surface area (Å²) in [7, 11) is -4.26. The van der Waals surface area contributed by atoms with Gasteiger partial charge in [0, 0.05) is 12.2 Å². The number of sulfonamides is 1. The molecular formula is C20H21F3N2O5S. The van der Waals surface area contributed by atoms with Crippen LogP contribution in [0.4, 0.5) is 18.9 Å². The standard InChI is InChI=1S/C20H21F3N2O5S/c1-2-14-6-3-4-9-17(14)25-18(26)13-30-19(27)10-11-24-31(28,29)16-8-5-7-15(12-16)20(21,22)23/h3-9,12,24H,2,10-11,13H2,1H3,(H,25,26). The second-order valence-electron chi connectivity index (χ2n) is 6.39. The SMILES string of the molecule is CCc1ccccc1NC(=O)COC(=O)CCNS(=O)(=O)c1cccc(C(F)(F)F)c1. The Hall–Kier alpha value is -2.92. The number of aryl methyl sites for hydroxylation is 1. The summed E-state index contributed by atoms with van der Waals surface area (Å²) in [5, 5.41) is 2.62. The number of ether oxygens (including phenoxy) is 1. The molecule has 0 unspecified atom stereocenters. The molecule has 0 bridgehead atoms. The number of alkyl halides is 3. The minimum absolute atomic E-state index is 0.405. The first-order chi connectivity index (χ1) is 14.5. The first-order valence-corrected chi connectivity index (χ1v) is 10.7. The van der Waals surface area contributed by atoms with Crippen LogP contribution in [-0.4, -0.2) is 33.4 Å². The second kappa shape index (κ2) is 10.4. The van der Waals surface area contributed by atoms with Crippen LogP contribution in [0.3, 0.4) is 0 Å². The van der Waals surface area contributed by atoms with Crippen LogP contribution in [0, 0.1) is 0 Å². The third kappa shape index (κ3) is 7.37. The molecule has 0 spiro atoms. The van der Waals surface area contributed by atoms with Crippen molar-refractivity contribution in [3.05, 3.63) is 59.7 Å². The minimum Gasteiger partial charge on any atom is -0.456 e. The molecule has 0 saturated heterocycles. The van der Waals surface area contributed by atoms with Crippen molar-refractivity contribution in [3.8, 4) is 0 Å². The van der Waals surface area contributed by atoms with Gasteiger partial charge < -0.3 is 10.1 Å². The van der Waals surface area contributed by atoms with E-state index in [4.69, 9.17) is 4.74 Å². The number of carbonyl (C=O) groups excluding carboxylic acids is 2. The van der Waals surface area contributed by atoms with Gasteiger partial charge in [0.2, 0.25) is 10.0 Å². The van der Waals surface area contributed by atoms with Crippen molar-refractivity contribution in [3.63, 3.8) is 0 Å². The Labute approximate surface area is 177 Å². The Morgan fingerprint density at radius 3 is 2.45 bits per heavy atom. The lowest BCUT2D eigenvalue weighted by atomic mass is 10.1. The van der Waals surface area contributed by atoms with E-state index < -0.39 is 58.1 Å². The van der Waals surface area contributed by atoms with Crippen molar-refractivity contribution >= 4 is 27.6 Å². The molecule has 168 valence electrons. The quantitative estimate of drug-likeness (QED) is 0.563. The van der Waals surface area contributed by atoms with Gasteiger partial charge in [-0.25, -0.2) is 13.1 Å². The summed E-state index contributed by atoms with van der Waals surface area (Å²) in [5.74, 6) is -1.40. The zero-order valence-corrected chi connectivity index (χ0v) is 17.3. The lowest BCUT2D eigenvalue weighted by Gasteiger charge is -2.11. The highest BCUT2D eigenvalue weighted by Crippen LogP contribution is 2.30. The largest absolute Gasteiger partial charge is 0.456 e. The molecule has 0 atom stereocenters. The Kier molecular flexibility index (Phi) is 8.17. The van der Waals surface area contributed by atoms with Crippen molar-refractivity contribution < 1.29 is 35.9 Å². The molecule has 0 aromatic heterocycles. The predicted octanol–water partition coefficient (Wildman–Crippen LogP) is 3.12. The van der Waals surface area contributed by atoms with Crippen molar-refractivity contribution in [1.29, 1.82) is 0 Å². The van der Waals surface area contributed by atoms with Crippen LogP contribution in [0.2, 0.25) is 0 Å². The molecule has 0 aliphatic heterocycles. The topological polar surface area (TPSA) is 102 Å². The van der Waals surface area contributed by atoms with Crippen LogP contribution in [0.25, 0.3) is 0 Å². The zero-order chi connectivity index (χ0) is 23.1. The highest BCUT2D eigenvalue weighted by atomic mass is 32.2. The van der Waals surface area contributed by atoms with Gasteiger partial charge in [-0.05, 0) is 36.2 Å². The van der Waals surface area contributed by atoms with Crippen LogP contribution in [0.15, 0.2) is 53.4 Å². The Morgan fingerprint density at radius 1 is 1.06 bits per heavy atom. The molecule has 2 aromatic carbocycles. The summed E-state index contributed by atoms with van der Waals surface area (Å²) in [6.07, 6.45) is -4.40. The third-order valence-corrected chi connectivity index (χ3v) is 5.59. The third-order valence-electron chi connectivity index (χ3n) is 4.13. The molecule has 2 aromatic rings. The maximum Gasteiger partial charge on any atom is 0.416 e. The molecule has 0 aliphatic rings. The van der Waals surface area contributed by atoms with E-state index >= 15 is 0 Å². The van der Waals surface area contributed by atoms with E-state index in [1.807, 2.05) is 23.8 Å². The molecule has 0 saturated carbocycles. The fourth-order valence-electron chi connectivity index (χ4n) is 2.57. The maximum atomic E-state index is 12.7. The highest BCUT2D eigenvalue weighted by Gasteiger charge is 2.31. The molecule has 0 radical (unpaired) electrons. The number of para-hydroxylation sites is 1. The minimum atomic E-state index is -4.69. The van der Waals surface area contributed by atoms with E-state index in [-0.39, 0.29) is 0 Å². The second-order valence-corrected chi connectivity index (χ2v) is 8.16.